The minimum atomic E-state index is -2.39. The lowest BCUT2D eigenvalue weighted by atomic mass is 9.45. The first kappa shape index (κ1) is 40.0. The van der Waals surface area contributed by atoms with Crippen molar-refractivity contribution in [2.75, 3.05) is 6.61 Å². The van der Waals surface area contributed by atoms with Gasteiger partial charge >= 0.3 is 5.97 Å². The Morgan fingerprint density at radius 1 is 1.02 bits per heavy atom. The molecule has 2 aliphatic heterocycles. The topological polar surface area (TPSA) is 110 Å². The first-order valence-electron chi connectivity index (χ1n) is 19.6. The molecule has 2 bridgehead atoms. The maximum atomic E-state index is 15.9. The van der Waals surface area contributed by atoms with E-state index in [0.29, 0.717) is 18.4 Å². The zero-order valence-electron chi connectivity index (χ0n) is 33.9. The van der Waals surface area contributed by atoms with Crippen LogP contribution in [0.25, 0.3) is 0 Å². The molecule has 1 N–H and O–H groups in total. The molecule has 0 aromatic heterocycles. The van der Waals surface area contributed by atoms with Crippen molar-refractivity contribution < 1.29 is 42.5 Å². The highest BCUT2D eigenvalue weighted by Gasteiger charge is 2.79. The van der Waals surface area contributed by atoms with Gasteiger partial charge in [-0.25, -0.2) is 0 Å². The van der Waals surface area contributed by atoms with Crippen molar-refractivity contribution in [3.05, 3.63) is 47.0 Å². The summed E-state index contributed by atoms with van der Waals surface area (Å²) in [6.45, 7) is 27.2. The molecule has 5 aliphatic rings. The van der Waals surface area contributed by atoms with Crippen LogP contribution in [0, 0.1) is 16.7 Å². The van der Waals surface area contributed by atoms with Gasteiger partial charge in [0.15, 0.2) is 34.8 Å². The minimum absolute atomic E-state index is 0.0616. The Bertz CT molecular complexity index is 1570. The Balaban J connectivity index is 1.67. The molecule has 0 unspecified atom stereocenters. The Morgan fingerprint density at radius 3 is 2.15 bits per heavy atom. The van der Waals surface area contributed by atoms with Gasteiger partial charge in [-0.05, 0) is 61.3 Å². The van der Waals surface area contributed by atoms with Crippen LogP contribution in [0.5, 0.6) is 0 Å². The zero-order chi connectivity index (χ0) is 38.4. The second kappa shape index (κ2) is 13.2. The molecule has 2 heterocycles. The van der Waals surface area contributed by atoms with E-state index < -0.39 is 87.4 Å². The Hall–Kier alpha value is -1.71. The van der Waals surface area contributed by atoms with Crippen LogP contribution in [0.15, 0.2) is 41.5 Å². The average Bonchev–Trinajstić information content (AvgIpc) is 3.45. The van der Waals surface area contributed by atoms with E-state index >= 15 is 4.79 Å². The van der Waals surface area contributed by atoms with E-state index in [1.807, 2.05) is 44.2 Å². The van der Waals surface area contributed by atoms with Crippen molar-refractivity contribution in [3.63, 3.8) is 0 Å². The van der Waals surface area contributed by atoms with Crippen LogP contribution >= 0.6 is 0 Å². The minimum Gasteiger partial charge on any atom is -0.450 e. The van der Waals surface area contributed by atoms with Crippen LogP contribution in [0.2, 0.25) is 36.3 Å². The zero-order valence-corrected chi connectivity index (χ0v) is 35.9. The van der Waals surface area contributed by atoms with E-state index in [9.17, 15) is 9.90 Å². The number of hydrogen-bond acceptors (Lipinski definition) is 9. The molecule has 290 valence electrons. The Morgan fingerprint density at radius 2 is 1.63 bits per heavy atom. The number of benzene rings is 1. The molecule has 2 saturated heterocycles. The van der Waals surface area contributed by atoms with Crippen molar-refractivity contribution in [2.45, 2.75) is 173 Å². The molecule has 0 amide bonds. The van der Waals surface area contributed by atoms with Gasteiger partial charge in [0.25, 0.3) is 0 Å². The van der Waals surface area contributed by atoms with Gasteiger partial charge in [0.05, 0.1) is 36.4 Å². The summed E-state index contributed by atoms with van der Waals surface area (Å²) in [4.78, 5) is 29.1. The SMILES string of the molecule is CC[Si](CC)(CC)O[C@H]1C[C@H]2OC[C@@]2(O)[C@H]2[C@@H]3O[C@H](c4ccccc4)O[C@]34C[C@H](O[Si](C)(C)C(C)(C)C)C(C)=C([C@@H](OC(C)=O)C(=O)[C@]12C)C4(C)C. The van der Waals surface area contributed by atoms with E-state index in [1.165, 1.54) is 6.92 Å². The fourth-order valence-electron chi connectivity index (χ4n) is 10.2. The molecule has 4 fully saturated rings. The quantitative estimate of drug-likeness (QED) is 0.152. The number of ether oxygens (including phenoxy) is 4. The molecule has 1 spiro atoms. The summed E-state index contributed by atoms with van der Waals surface area (Å²) in [6, 6.07) is 12.6. The summed E-state index contributed by atoms with van der Waals surface area (Å²) in [5.41, 5.74) is -2.29. The first-order chi connectivity index (χ1) is 24.1. The summed E-state index contributed by atoms with van der Waals surface area (Å²) >= 11 is 0. The van der Waals surface area contributed by atoms with Crippen molar-refractivity contribution in [1.82, 2.24) is 0 Å². The predicted molar refractivity (Wildman–Crippen MR) is 205 cm³/mol. The predicted octanol–water partition coefficient (Wildman–Crippen LogP) is 8.04. The lowest BCUT2D eigenvalue weighted by Crippen LogP contribution is -2.81. The molecular weight excluding hydrogens is 693 g/mol. The fraction of sp³-hybridized carbons (Fsp3) is 0.756. The summed E-state index contributed by atoms with van der Waals surface area (Å²) in [5.74, 6) is -1.62. The van der Waals surface area contributed by atoms with Gasteiger partial charge in [-0.1, -0.05) is 85.7 Å². The molecule has 52 heavy (non-hydrogen) atoms. The molecule has 3 aliphatic carbocycles. The van der Waals surface area contributed by atoms with Gasteiger partial charge in [-0.15, -0.1) is 0 Å². The highest BCUT2D eigenvalue weighted by Crippen LogP contribution is 2.68. The Labute approximate surface area is 313 Å². The molecule has 0 radical (unpaired) electrons. The summed E-state index contributed by atoms with van der Waals surface area (Å²) in [6.07, 6.45) is -3.58. The molecule has 9 nitrogen and oxygen atoms in total. The normalized spacial score (nSPS) is 38.7. The second-order valence-corrected chi connectivity index (χ2v) is 28.1. The lowest BCUT2D eigenvalue weighted by molar-refractivity contribution is -0.333. The van der Waals surface area contributed by atoms with Gasteiger partial charge < -0.3 is 32.9 Å². The van der Waals surface area contributed by atoms with Crippen LogP contribution < -0.4 is 0 Å². The number of ketones is 1. The van der Waals surface area contributed by atoms with Gasteiger partial charge in [0.1, 0.15) is 11.2 Å². The smallest absolute Gasteiger partial charge is 0.303 e. The summed E-state index contributed by atoms with van der Waals surface area (Å²) in [5, 5.41) is 12.9. The van der Waals surface area contributed by atoms with Crippen LogP contribution in [0.1, 0.15) is 101 Å². The largest absolute Gasteiger partial charge is 0.450 e. The van der Waals surface area contributed by atoms with Crippen LogP contribution in [-0.4, -0.2) is 81.8 Å². The molecular formula is C41H64O9Si2. The van der Waals surface area contributed by atoms with Gasteiger partial charge in [-0.3, -0.25) is 9.59 Å². The number of rotatable bonds is 9. The fourth-order valence-corrected chi connectivity index (χ4v) is 14.5. The van der Waals surface area contributed by atoms with Crippen molar-refractivity contribution in [2.24, 2.45) is 16.7 Å². The first-order valence-corrected chi connectivity index (χ1v) is 25.0. The molecule has 2 saturated carbocycles. The van der Waals surface area contributed by atoms with E-state index in [0.717, 1.165) is 29.3 Å². The average molecular weight is 757 g/mol. The maximum Gasteiger partial charge on any atom is 0.303 e. The van der Waals surface area contributed by atoms with Crippen LogP contribution in [0.3, 0.4) is 0 Å². The van der Waals surface area contributed by atoms with E-state index in [-0.39, 0.29) is 17.4 Å². The number of carbonyl (C=O) groups is 2. The monoisotopic (exact) mass is 756 g/mol. The highest BCUT2D eigenvalue weighted by molar-refractivity contribution is 6.74. The van der Waals surface area contributed by atoms with Crippen molar-refractivity contribution in [1.29, 1.82) is 0 Å². The lowest BCUT2D eigenvalue weighted by Gasteiger charge is -2.67. The molecule has 10 atom stereocenters. The molecule has 11 heteroatoms. The summed E-state index contributed by atoms with van der Waals surface area (Å²) < 4.78 is 41.8. The highest BCUT2D eigenvalue weighted by atomic mass is 28.4. The van der Waals surface area contributed by atoms with Crippen LogP contribution in [0.4, 0.5) is 0 Å². The number of aliphatic hydroxyl groups is 1. The number of fused-ring (bicyclic) bond motifs is 5. The third-order valence-electron chi connectivity index (χ3n) is 14.8. The van der Waals surface area contributed by atoms with Gasteiger partial charge in [-0.2, -0.15) is 0 Å². The molecule has 1 aromatic rings. The number of hydrogen-bond donors (Lipinski definition) is 1. The van der Waals surface area contributed by atoms with E-state index in [2.05, 4.69) is 68.5 Å². The van der Waals surface area contributed by atoms with Gasteiger partial charge in [0.2, 0.25) is 0 Å². The second-order valence-electron chi connectivity index (χ2n) is 18.6. The standard InChI is InChI=1S/C41H64O9Si2/c1-14-52(15-2,16-3)50-29-22-30-40(44,24-45-30)33-35-41(48-36(47-35)27-20-18-17-19-21-27)23-28(49-51(12,13)37(6,7)8)25(4)31(38(41,9)10)32(46-26(5)42)34(43)39(29,33)11/h17-21,28-30,32-33,35-36,44H,14-16,22-24H2,1-13H3/t28-,29-,30+,32+,33-,35-,36-,39+,40-,41+/m0/s1. The molecule has 6 rings (SSSR count). The van der Waals surface area contributed by atoms with Crippen LogP contribution in [-0.2, 0) is 37.4 Å². The van der Waals surface area contributed by atoms with Gasteiger partial charge in [0, 0.05) is 36.7 Å². The third-order valence-corrected chi connectivity index (χ3v) is 23.9. The Kier molecular flexibility index (Phi) is 10.2. The maximum absolute atomic E-state index is 15.9. The summed E-state index contributed by atoms with van der Waals surface area (Å²) in [7, 11) is -4.71. The van der Waals surface area contributed by atoms with Crippen molar-refractivity contribution in [3.8, 4) is 0 Å². The number of esters is 1. The third kappa shape index (κ3) is 5.73. The van der Waals surface area contributed by atoms with E-state index in [4.69, 9.17) is 27.8 Å². The van der Waals surface area contributed by atoms with Crippen molar-refractivity contribution >= 4 is 28.4 Å². The molecule has 1 aromatic carbocycles. The number of Topliss-reactive ketones (excluding diaryl/α,β-unsaturated/α-hetero) is 1. The van der Waals surface area contributed by atoms with E-state index in [1.54, 1.807) is 0 Å². The number of carbonyl (C=O) groups excluding carboxylic acids is 2.